The van der Waals surface area contributed by atoms with Crippen molar-refractivity contribution in [3.63, 3.8) is 0 Å². The van der Waals surface area contributed by atoms with Gasteiger partial charge >= 0.3 is 0 Å². The maximum absolute atomic E-state index is 5.35. The fourth-order valence-corrected chi connectivity index (χ4v) is 2.43. The first-order valence-corrected chi connectivity index (χ1v) is 6.90. The monoisotopic (exact) mass is 298 g/mol. The number of ether oxygens (including phenoxy) is 1. The second-order valence-corrected chi connectivity index (χ2v) is 4.94. The van der Waals surface area contributed by atoms with E-state index in [1.165, 1.54) is 0 Å². The van der Waals surface area contributed by atoms with E-state index in [9.17, 15) is 0 Å². The predicted molar refractivity (Wildman–Crippen MR) is 82.3 cm³/mol. The number of aromatic amines is 1. The molecule has 3 aromatic rings. The van der Waals surface area contributed by atoms with E-state index in [4.69, 9.17) is 17.0 Å². The highest BCUT2D eigenvalue weighted by atomic mass is 32.1. The van der Waals surface area contributed by atoms with Crippen molar-refractivity contribution in [2.45, 2.75) is 6.42 Å². The molecular formula is C15H14N4OS. The van der Waals surface area contributed by atoms with Crippen molar-refractivity contribution in [1.82, 2.24) is 20.0 Å². The zero-order valence-corrected chi connectivity index (χ0v) is 12.3. The van der Waals surface area contributed by atoms with Crippen LogP contribution in [0.5, 0.6) is 5.75 Å². The molecule has 2 heterocycles. The Balaban J connectivity index is 1.89. The van der Waals surface area contributed by atoms with Crippen molar-refractivity contribution >= 4 is 12.2 Å². The fourth-order valence-electron chi connectivity index (χ4n) is 2.15. The minimum absolute atomic E-state index is 0.588. The highest BCUT2D eigenvalue weighted by Crippen LogP contribution is 2.21. The van der Waals surface area contributed by atoms with Crippen LogP contribution in [0.3, 0.4) is 0 Å². The molecule has 21 heavy (non-hydrogen) atoms. The van der Waals surface area contributed by atoms with E-state index in [0.717, 1.165) is 16.9 Å². The Morgan fingerprint density at radius 1 is 1.24 bits per heavy atom. The normalized spacial score (nSPS) is 10.5. The average molecular weight is 298 g/mol. The molecule has 106 valence electrons. The average Bonchev–Trinajstić information content (AvgIpc) is 2.97. The largest absolute Gasteiger partial charge is 0.493 e. The van der Waals surface area contributed by atoms with Crippen molar-refractivity contribution in [2.75, 3.05) is 7.11 Å². The van der Waals surface area contributed by atoms with Crippen molar-refractivity contribution < 1.29 is 4.74 Å². The van der Waals surface area contributed by atoms with E-state index in [1.807, 2.05) is 48.8 Å². The lowest BCUT2D eigenvalue weighted by Gasteiger charge is -2.06. The van der Waals surface area contributed by atoms with E-state index in [0.29, 0.717) is 16.8 Å². The minimum atomic E-state index is 0.588. The number of rotatable bonds is 4. The van der Waals surface area contributed by atoms with Crippen LogP contribution in [-0.2, 0) is 6.42 Å². The number of hydrogen-bond acceptors (Lipinski definition) is 4. The molecule has 0 fully saturated rings. The molecular weight excluding hydrogens is 284 g/mol. The molecule has 0 bridgehead atoms. The number of aromatic nitrogens is 4. The number of H-pyrrole nitrogens is 1. The third-order valence-corrected chi connectivity index (χ3v) is 3.44. The number of methoxy groups -OCH3 is 1. The number of nitrogens with zero attached hydrogens (tertiary/aromatic N) is 3. The summed E-state index contributed by atoms with van der Waals surface area (Å²) >= 11 is 5.21. The Morgan fingerprint density at radius 2 is 2.05 bits per heavy atom. The van der Waals surface area contributed by atoms with Gasteiger partial charge in [0.2, 0.25) is 0 Å². The maximum atomic E-state index is 5.35. The molecule has 0 spiro atoms. The second kappa shape index (κ2) is 5.88. The number of hydrogen-bond donors (Lipinski definition) is 1. The summed E-state index contributed by atoms with van der Waals surface area (Å²) in [6, 6.07) is 11.8. The minimum Gasteiger partial charge on any atom is -0.493 e. The van der Waals surface area contributed by atoms with Gasteiger partial charge in [-0.1, -0.05) is 35.6 Å². The number of pyridine rings is 1. The van der Waals surface area contributed by atoms with E-state index in [1.54, 1.807) is 11.8 Å². The van der Waals surface area contributed by atoms with Crippen LogP contribution < -0.4 is 4.74 Å². The summed E-state index contributed by atoms with van der Waals surface area (Å²) < 4.78 is 7.69. The summed E-state index contributed by atoms with van der Waals surface area (Å²) in [5, 5.41) is 8.36. The molecule has 0 aliphatic carbocycles. The first-order chi connectivity index (χ1) is 10.3. The van der Waals surface area contributed by atoms with Crippen molar-refractivity contribution in [3.05, 3.63) is 64.7 Å². The van der Waals surface area contributed by atoms with Crippen LogP contribution >= 0.6 is 12.2 Å². The Bertz CT molecular complexity index is 795. The van der Waals surface area contributed by atoms with Crippen LogP contribution in [0.2, 0.25) is 0 Å². The molecule has 0 aliphatic rings. The summed E-state index contributed by atoms with van der Waals surface area (Å²) in [4.78, 5) is 2.96. The second-order valence-electron chi connectivity index (χ2n) is 4.53. The number of benzene rings is 1. The van der Waals surface area contributed by atoms with Gasteiger partial charge in [0.1, 0.15) is 4.64 Å². The topological polar surface area (TPSA) is 55.7 Å². The SMILES string of the molecule is COc1c(Cc2cn(-c3ccccc3)nn2)cc[nH]c1=S. The summed E-state index contributed by atoms with van der Waals surface area (Å²) in [6.45, 7) is 0. The lowest BCUT2D eigenvalue weighted by atomic mass is 10.1. The smallest absolute Gasteiger partial charge is 0.157 e. The van der Waals surface area contributed by atoms with E-state index in [2.05, 4.69) is 15.3 Å². The van der Waals surface area contributed by atoms with Gasteiger partial charge in [-0.25, -0.2) is 4.68 Å². The number of nitrogens with one attached hydrogen (secondary N) is 1. The molecule has 0 amide bonds. The van der Waals surface area contributed by atoms with Gasteiger partial charge in [-0.15, -0.1) is 5.10 Å². The maximum Gasteiger partial charge on any atom is 0.157 e. The highest BCUT2D eigenvalue weighted by Gasteiger charge is 2.09. The van der Waals surface area contributed by atoms with Crippen LogP contribution in [0.25, 0.3) is 5.69 Å². The zero-order valence-electron chi connectivity index (χ0n) is 11.5. The van der Waals surface area contributed by atoms with Gasteiger partial charge in [-0.05, 0) is 18.2 Å². The molecule has 0 saturated carbocycles. The number of para-hydroxylation sites is 1. The van der Waals surface area contributed by atoms with Gasteiger partial charge in [0.25, 0.3) is 0 Å². The molecule has 0 radical (unpaired) electrons. The van der Waals surface area contributed by atoms with Gasteiger partial charge in [-0.2, -0.15) is 0 Å². The molecule has 6 heteroatoms. The first-order valence-electron chi connectivity index (χ1n) is 6.49. The van der Waals surface area contributed by atoms with E-state index >= 15 is 0 Å². The van der Waals surface area contributed by atoms with E-state index in [-0.39, 0.29) is 0 Å². The summed E-state index contributed by atoms with van der Waals surface area (Å²) in [7, 11) is 1.61. The van der Waals surface area contributed by atoms with Crippen LogP contribution in [0.4, 0.5) is 0 Å². The lowest BCUT2D eigenvalue weighted by Crippen LogP contribution is -1.96. The van der Waals surface area contributed by atoms with Crippen molar-refractivity contribution in [2.24, 2.45) is 0 Å². The summed E-state index contributed by atoms with van der Waals surface area (Å²) in [5.74, 6) is 0.682. The third kappa shape index (κ3) is 2.85. The van der Waals surface area contributed by atoms with Gasteiger partial charge in [0, 0.05) is 18.2 Å². The summed E-state index contributed by atoms with van der Waals surface area (Å²) in [6.07, 6.45) is 4.34. The highest BCUT2D eigenvalue weighted by molar-refractivity contribution is 7.71. The lowest BCUT2D eigenvalue weighted by molar-refractivity contribution is 0.406. The Kier molecular flexibility index (Phi) is 3.79. The Labute approximate surface area is 127 Å². The molecule has 1 N–H and O–H groups in total. The Morgan fingerprint density at radius 3 is 2.81 bits per heavy atom. The van der Waals surface area contributed by atoms with Crippen LogP contribution in [0.1, 0.15) is 11.3 Å². The molecule has 5 nitrogen and oxygen atoms in total. The standard InChI is InChI=1S/C15H14N4OS/c1-20-14-11(7-8-16-15(14)21)9-12-10-19(18-17-12)13-5-3-2-4-6-13/h2-8,10H,9H2,1H3,(H,16,21). The van der Waals surface area contributed by atoms with Gasteiger partial charge in [0.15, 0.2) is 5.75 Å². The molecule has 0 aliphatic heterocycles. The van der Waals surface area contributed by atoms with Gasteiger partial charge in [0.05, 0.1) is 24.7 Å². The molecule has 0 saturated heterocycles. The molecule has 3 rings (SSSR count). The Hall–Kier alpha value is -2.47. The van der Waals surface area contributed by atoms with Crippen LogP contribution in [0.15, 0.2) is 48.8 Å². The zero-order chi connectivity index (χ0) is 14.7. The molecule has 2 aromatic heterocycles. The molecule has 0 unspecified atom stereocenters. The van der Waals surface area contributed by atoms with E-state index < -0.39 is 0 Å². The fraction of sp³-hybridized carbons (Fsp3) is 0.133. The molecule has 0 atom stereocenters. The molecule has 1 aromatic carbocycles. The van der Waals surface area contributed by atoms with Crippen LogP contribution in [0, 0.1) is 4.64 Å². The van der Waals surface area contributed by atoms with Crippen molar-refractivity contribution in [3.8, 4) is 11.4 Å². The van der Waals surface area contributed by atoms with Gasteiger partial charge < -0.3 is 9.72 Å². The predicted octanol–water partition coefficient (Wildman–Crippen LogP) is 2.92. The quantitative estimate of drug-likeness (QED) is 0.752. The summed E-state index contributed by atoms with van der Waals surface area (Å²) in [5.41, 5.74) is 2.83. The third-order valence-electron chi connectivity index (χ3n) is 3.13. The van der Waals surface area contributed by atoms with Gasteiger partial charge in [-0.3, -0.25) is 0 Å². The van der Waals surface area contributed by atoms with Crippen molar-refractivity contribution in [1.29, 1.82) is 0 Å². The van der Waals surface area contributed by atoms with Crippen LogP contribution in [-0.4, -0.2) is 27.1 Å². The first kappa shape index (κ1) is 13.5.